The molecule has 1 aromatic carbocycles. The fourth-order valence-corrected chi connectivity index (χ4v) is 2.17. The molecule has 0 aliphatic rings. The molecule has 0 saturated heterocycles. The number of nitrogens with one attached hydrogen (secondary N) is 1. The normalized spacial score (nSPS) is 13.4. The summed E-state index contributed by atoms with van der Waals surface area (Å²) in [7, 11) is 0. The van der Waals surface area contributed by atoms with Crippen molar-refractivity contribution in [3.05, 3.63) is 34.7 Å². The predicted molar refractivity (Wildman–Crippen MR) is 62.3 cm³/mol. The van der Waals surface area contributed by atoms with Gasteiger partial charge in [0.05, 0.1) is 4.90 Å². The minimum atomic E-state index is -2.04. The third kappa shape index (κ3) is 2.94. The molecule has 1 rings (SSSR count). The van der Waals surface area contributed by atoms with Gasteiger partial charge in [0.15, 0.2) is 11.1 Å². The summed E-state index contributed by atoms with van der Waals surface area (Å²) in [5, 5.41) is 5.62. The van der Waals surface area contributed by atoms with Crippen LogP contribution in [0.2, 0.25) is 0 Å². The Kier molecular flexibility index (Phi) is 4.28. The first kappa shape index (κ1) is 13.0. The molecule has 2 N–H and O–H groups in total. The second-order valence-electron chi connectivity index (χ2n) is 3.83. The van der Waals surface area contributed by atoms with Gasteiger partial charge in [-0.25, -0.2) is 4.21 Å². The van der Waals surface area contributed by atoms with Crippen molar-refractivity contribution in [2.45, 2.75) is 24.3 Å². The molecular formula is C10H14N2O3S. The molecule has 0 fully saturated rings. The Morgan fingerprint density at radius 3 is 2.62 bits per heavy atom. The third-order valence-electron chi connectivity index (χ3n) is 2.33. The molecule has 16 heavy (non-hydrogen) atoms. The highest BCUT2D eigenvalue weighted by molar-refractivity contribution is 7.79. The summed E-state index contributed by atoms with van der Waals surface area (Å²) in [5.41, 5.74) is 0.0996. The van der Waals surface area contributed by atoms with Crippen LogP contribution < -0.4 is 5.32 Å². The van der Waals surface area contributed by atoms with Gasteiger partial charge in [0.25, 0.3) is 0 Å². The fourth-order valence-electron chi connectivity index (χ4n) is 1.46. The van der Waals surface area contributed by atoms with Crippen LogP contribution in [0.25, 0.3) is 0 Å². The van der Waals surface area contributed by atoms with E-state index in [1.54, 1.807) is 24.3 Å². The Morgan fingerprint density at radius 2 is 2.06 bits per heavy atom. The van der Waals surface area contributed by atoms with Crippen molar-refractivity contribution < 1.29 is 8.76 Å². The lowest BCUT2D eigenvalue weighted by Gasteiger charge is -2.27. The van der Waals surface area contributed by atoms with Gasteiger partial charge in [-0.15, -0.1) is 4.91 Å². The van der Waals surface area contributed by atoms with Crippen LogP contribution in [0, 0.1) is 4.91 Å². The van der Waals surface area contributed by atoms with E-state index in [4.69, 9.17) is 4.55 Å². The van der Waals surface area contributed by atoms with E-state index >= 15 is 0 Å². The fraction of sp³-hybridized carbons (Fsp3) is 0.400. The average molecular weight is 242 g/mol. The number of nitrogens with zero attached hydrogens (tertiary/aromatic N) is 1. The van der Waals surface area contributed by atoms with Gasteiger partial charge in [0.1, 0.15) is 6.67 Å². The second kappa shape index (κ2) is 5.29. The van der Waals surface area contributed by atoms with Gasteiger partial charge in [0.2, 0.25) is 0 Å². The van der Waals surface area contributed by atoms with Crippen molar-refractivity contribution in [2.75, 3.05) is 6.67 Å². The average Bonchev–Trinajstić information content (AvgIpc) is 2.26. The van der Waals surface area contributed by atoms with Gasteiger partial charge in [-0.1, -0.05) is 23.4 Å². The first-order valence-electron chi connectivity index (χ1n) is 4.73. The Bertz CT molecular complexity index is 407. The number of rotatable bonds is 5. The van der Waals surface area contributed by atoms with Crippen LogP contribution in [0.4, 0.5) is 0 Å². The van der Waals surface area contributed by atoms with Crippen LogP contribution in [-0.4, -0.2) is 15.4 Å². The van der Waals surface area contributed by atoms with Crippen molar-refractivity contribution in [3.63, 3.8) is 0 Å². The van der Waals surface area contributed by atoms with E-state index in [-0.39, 0.29) is 6.67 Å². The monoisotopic (exact) mass is 242 g/mol. The maximum Gasteiger partial charge on any atom is 0.186 e. The van der Waals surface area contributed by atoms with Gasteiger partial charge >= 0.3 is 0 Å². The highest BCUT2D eigenvalue weighted by Crippen LogP contribution is 2.25. The topological polar surface area (TPSA) is 78.8 Å². The molecule has 0 aliphatic heterocycles. The minimum absolute atomic E-state index is 0.0423. The molecule has 88 valence electrons. The van der Waals surface area contributed by atoms with Gasteiger partial charge < -0.3 is 4.55 Å². The molecule has 1 unspecified atom stereocenters. The molecule has 0 spiro atoms. The Labute approximate surface area is 96.5 Å². The van der Waals surface area contributed by atoms with E-state index in [1.807, 2.05) is 13.8 Å². The molecule has 1 aromatic rings. The molecule has 0 bridgehead atoms. The summed E-state index contributed by atoms with van der Waals surface area (Å²) in [6.07, 6.45) is 0. The third-order valence-corrected chi connectivity index (χ3v) is 3.07. The number of hydrogen-bond donors (Lipinski definition) is 2. The van der Waals surface area contributed by atoms with Gasteiger partial charge in [-0.3, -0.25) is 5.32 Å². The van der Waals surface area contributed by atoms with E-state index in [2.05, 4.69) is 10.5 Å². The zero-order valence-electron chi connectivity index (χ0n) is 9.14. The highest BCUT2D eigenvalue weighted by Gasteiger charge is 2.24. The minimum Gasteiger partial charge on any atom is -0.302 e. The lowest BCUT2D eigenvalue weighted by molar-refractivity contribution is 0.402. The van der Waals surface area contributed by atoms with Crippen molar-refractivity contribution in [1.82, 2.24) is 5.32 Å². The van der Waals surface area contributed by atoms with Crippen molar-refractivity contribution in [3.8, 4) is 0 Å². The quantitative estimate of drug-likeness (QED) is 0.609. The Morgan fingerprint density at radius 1 is 1.44 bits per heavy atom. The lowest BCUT2D eigenvalue weighted by Crippen LogP contribution is -2.37. The number of nitroso groups, excluding NO2 is 1. The van der Waals surface area contributed by atoms with Crippen LogP contribution in [0.5, 0.6) is 0 Å². The second-order valence-corrected chi connectivity index (χ2v) is 4.77. The Balaban J connectivity index is 3.10. The van der Waals surface area contributed by atoms with Crippen LogP contribution in [0.1, 0.15) is 19.4 Å². The summed E-state index contributed by atoms with van der Waals surface area (Å²) in [6, 6.07) is 6.81. The summed E-state index contributed by atoms with van der Waals surface area (Å²) in [6.45, 7) is 3.60. The zero-order chi connectivity index (χ0) is 12.2. The van der Waals surface area contributed by atoms with Crippen LogP contribution in [-0.2, 0) is 16.6 Å². The lowest BCUT2D eigenvalue weighted by atomic mass is 9.94. The zero-order valence-corrected chi connectivity index (χ0v) is 9.95. The predicted octanol–water partition coefficient (Wildman–Crippen LogP) is 1.82. The molecule has 5 nitrogen and oxygen atoms in total. The summed E-state index contributed by atoms with van der Waals surface area (Å²) in [4.78, 5) is 10.4. The molecule has 6 heteroatoms. The summed E-state index contributed by atoms with van der Waals surface area (Å²) in [5.74, 6) is 0. The molecular weight excluding hydrogens is 228 g/mol. The van der Waals surface area contributed by atoms with E-state index in [9.17, 15) is 9.12 Å². The molecule has 0 heterocycles. The van der Waals surface area contributed by atoms with Crippen molar-refractivity contribution >= 4 is 11.1 Å². The summed E-state index contributed by atoms with van der Waals surface area (Å²) < 4.78 is 20.3. The van der Waals surface area contributed by atoms with Gasteiger partial charge in [0, 0.05) is 5.54 Å². The van der Waals surface area contributed by atoms with E-state index in [0.717, 1.165) is 0 Å². The van der Waals surface area contributed by atoms with E-state index in [1.165, 1.54) is 0 Å². The van der Waals surface area contributed by atoms with E-state index < -0.39 is 16.6 Å². The maximum atomic E-state index is 11.1. The maximum absolute atomic E-state index is 11.1. The Hall–Kier alpha value is -1.11. The molecule has 0 radical (unpaired) electrons. The van der Waals surface area contributed by atoms with Crippen LogP contribution >= 0.6 is 0 Å². The molecule has 0 saturated carbocycles. The molecule has 0 aromatic heterocycles. The first-order valence-corrected chi connectivity index (χ1v) is 5.84. The van der Waals surface area contributed by atoms with Crippen LogP contribution in [0.3, 0.4) is 0 Å². The largest absolute Gasteiger partial charge is 0.302 e. The molecule has 0 aliphatic carbocycles. The number of benzene rings is 1. The highest BCUT2D eigenvalue weighted by atomic mass is 32.2. The van der Waals surface area contributed by atoms with Gasteiger partial charge in [-0.2, -0.15) is 0 Å². The van der Waals surface area contributed by atoms with Crippen molar-refractivity contribution in [2.24, 2.45) is 5.18 Å². The van der Waals surface area contributed by atoms with E-state index in [0.29, 0.717) is 10.5 Å². The van der Waals surface area contributed by atoms with Crippen LogP contribution in [0.15, 0.2) is 34.3 Å². The first-order chi connectivity index (χ1) is 7.49. The number of hydrogen-bond acceptors (Lipinski definition) is 4. The SMILES string of the molecule is CC(C)(NCN=O)c1ccccc1S(=O)O. The molecule has 1 atom stereocenters. The van der Waals surface area contributed by atoms with Crippen molar-refractivity contribution in [1.29, 1.82) is 0 Å². The van der Waals surface area contributed by atoms with Gasteiger partial charge in [-0.05, 0) is 25.5 Å². The summed E-state index contributed by atoms with van der Waals surface area (Å²) >= 11 is -2.04. The smallest absolute Gasteiger partial charge is 0.186 e. The molecule has 0 amide bonds. The standard InChI is InChI=1S/C10H14N2O3S/c1-10(2,11-7-12-13)8-5-3-4-6-9(8)16(14)15/h3-6,11H,7H2,1-2H3,(H,14,15).